The lowest BCUT2D eigenvalue weighted by Crippen LogP contribution is -2.39. The number of guanidine groups is 1. The van der Waals surface area contributed by atoms with E-state index in [-0.39, 0.29) is 24.0 Å². The Morgan fingerprint density at radius 2 is 1.58 bits per heavy atom. The summed E-state index contributed by atoms with van der Waals surface area (Å²) in [6.45, 7) is 6.77. The van der Waals surface area contributed by atoms with E-state index >= 15 is 0 Å². The Hall–Kier alpha value is -0.120. The fourth-order valence-electron chi connectivity index (χ4n) is 2.54. The van der Waals surface area contributed by atoms with E-state index in [2.05, 4.69) is 15.6 Å². The van der Waals surface area contributed by atoms with E-state index in [1.165, 1.54) is 12.8 Å². The van der Waals surface area contributed by atoms with Crippen molar-refractivity contribution in [1.29, 1.82) is 0 Å². The van der Waals surface area contributed by atoms with E-state index in [9.17, 15) is 0 Å². The van der Waals surface area contributed by atoms with Crippen molar-refractivity contribution in [2.75, 3.05) is 59.8 Å². The molecule has 0 atom stereocenters. The van der Waals surface area contributed by atoms with Gasteiger partial charge >= 0.3 is 0 Å². The number of hydrogen-bond acceptors (Lipinski definition) is 4. The molecule has 6 nitrogen and oxygen atoms in total. The lowest BCUT2D eigenvalue weighted by molar-refractivity contribution is 0.0203. The molecule has 24 heavy (non-hydrogen) atoms. The maximum absolute atomic E-state index is 5.75. The second kappa shape index (κ2) is 14.1. The lowest BCUT2D eigenvalue weighted by Gasteiger charge is -2.21. The summed E-state index contributed by atoms with van der Waals surface area (Å²) in [5.41, 5.74) is 0. The van der Waals surface area contributed by atoms with E-state index in [1.807, 2.05) is 0 Å². The molecule has 2 rings (SSSR count). The van der Waals surface area contributed by atoms with Crippen molar-refractivity contribution in [2.45, 2.75) is 32.1 Å². The Bertz CT molecular complexity index is 335. The van der Waals surface area contributed by atoms with Crippen LogP contribution in [0.3, 0.4) is 0 Å². The molecule has 0 bridgehead atoms. The number of aliphatic imine (C=N–C) groups is 1. The molecule has 0 aromatic carbocycles. The Morgan fingerprint density at radius 1 is 0.958 bits per heavy atom. The third-order valence-corrected chi connectivity index (χ3v) is 4.27. The van der Waals surface area contributed by atoms with Crippen molar-refractivity contribution in [3.8, 4) is 0 Å². The largest absolute Gasteiger partial charge is 0.381 e. The predicted molar refractivity (Wildman–Crippen MR) is 107 cm³/mol. The van der Waals surface area contributed by atoms with E-state index in [0.29, 0.717) is 5.92 Å². The molecular formula is C17H34IN3O3. The van der Waals surface area contributed by atoms with E-state index in [4.69, 9.17) is 14.2 Å². The van der Waals surface area contributed by atoms with Crippen LogP contribution in [0.25, 0.3) is 0 Å². The van der Waals surface area contributed by atoms with Crippen molar-refractivity contribution in [3.05, 3.63) is 0 Å². The van der Waals surface area contributed by atoms with Crippen molar-refractivity contribution in [2.24, 2.45) is 16.8 Å². The highest BCUT2D eigenvalue weighted by molar-refractivity contribution is 14.0. The van der Waals surface area contributed by atoms with Gasteiger partial charge in [0.25, 0.3) is 0 Å². The van der Waals surface area contributed by atoms with Crippen LogP contribution in [0.15, 0.2) is 4.99 Å². The first-order chi connectivity index (χ1) is 11.4. The Balaban J connectivity index is 0.00000288. The third kappa shape index (κ3) is 10.7. The molecule has 2 fully saturated rings. The summed E-state index contributed by atoms with van der Waals surface area (Å²) in [4.78, 5) is 4.21. The number of nitrogens with zero attached hydrogens (tertiary/aromatic N) is 1. The van der Waals surface area contributed by atoms with Crippen LogP contribution in [-0.4, -0.2) is 65.7 Å². The predicted octanol–water partition coefficient (Wildman–Crippen LogP) is 2.03. The van der Waals surface area contributed by atoms with Crippen LogP contribution in [-0.2, 0) is 14.2 Å². The van der Waals surface area contributed by atoms with E-state index in [1.54, 1.807) is 7.05 Å². The quantitative estimate of drug-likeness (QED) is 0.216. The minimum absolute atomic E-state index is 0. The average molecular weight is 455 g/mol. The van der Waals surface area contributed by atoms with Gasteiger partial charge in [-0.3, -0.25) is 4.99 Å². The molecule has 7 heteroatoms. The van der Waals surface area contributed by atoms with Gasteiger partial charge in [0.15, 0.2) is 5.96 Å². The summed E-state index contributed by atoms with van der Waals surface area (Å²) in [5.74, 6) is 2.35. The van der Waals surface area contributed by atoms with Crippen LogP contribution in [0.5, 0.6) is 0 Å². The fraction of sp³-hybridized carbons (Fsp3) is 0.941. The number of rotatable bonds is 11. The average Bonchev–Trinajstić information content (AvgIpc) is 3.41. The molecule has 0 spiro atoms. The highest BCUT2D eigenvalue weighted by Crippen LogP contribution is 2.28. The summed E-state index contributed by atoms with van der Waals surface area (Å²) in [7, 11) is 1.79. The van der Waals surface area contributed by atoms with Crippen molar-refractivity contribution >= 4 is 29.9 Å². The molecule has 2 N–H and O–H groups in total. The maximum Gasteiger partial charge on any atom is 0.191 e. The molecule has 142 valence electrons. The number of nitrogens with one attached hydrogen (secondary N) is 2. The first-order valence-electron chi connectivity index (χ1n) is 9.06. The lowest BCUT2D eigenvalue weighted by atomic mass is 10.0. The molecule has 0 unspecified atom stereocenters. The van der Waals surface area contributed by atoms with Crippen molar-refractivity contribution < 1.29 is 14.2 Å². The van der Waals surface area contributed by atoms with Crippen LogP contribution in [0, 0.1) is 11.8 Å². The zero-order chi connectivity index (χ0) is 16.2. The molecule has 0 radical (unpaired) electrons. The Labute approximate surface area is 163 Å². The smallest absolute Gasteiger partial charge is 0.191 e. The monoisotopic (exact) mass is 455 g/mol. The summed E-state index contributed by atoms with van der Waals surface area (Å²) < 4.78 is 16.7. The van der Waals surface area contributed by atoms with Gasteiger partial charge < -0.3 is 24.8 Å². The van der Waals surface area contributed by atoms with Crippen LogP contribution < -0.4 is 10.6 Å². The minimum Gasteiger partial charge on any atom is -0.381 e. The second-order valence-electron chi connectivity index (χ2n) is 6.43. The van der Waals surface area contributed by atoms with E-state index in [0.717, 1.165) is 83.9 Å². The molecule has 2 aliphatic rings. The molecule has 0 amide bonds. The normalized spacial score (nSPS) is 19.0. The highest BCUT2D eigenvalue weighted by Gasteiger charge is 2.20. The van der Waals surface area contributed by atoms with Gasteiger partial charge in [0.05, 0.1) is 6.61 Å². The first kappa shape index (κ1) is 21.9. The van der Waals surface area contributed by atoms with E-state index < -0.39 is 0 Å². The standard InChI is InChI=1S/C17H33N3O3.HI/c1-18-17(20-8-12-23-13-15-3-4-15)19-7-2-9-22-14-16-5-10-21-11-6-16;/h15-16H,2-14H2,1H3,(H2,18,19,20);1H. The van der Waals surface area contributed by atoms with Gasteiger partial charge in [0, 0.05) is 53.2 Å². The minimum atomic E-state index is 0. The van der Waals surface area contributed by atoms with Crippen molar-refractivity contribution in [3.63, 3.8) is 0 Å². The molecule has 1 saturated heterocycles. The maximum atomic E-state index is 5.75. The Morgan fingerprint density at radius 3 is 2.25 bits per heavy atom. The van der Waals surface area contributed by atoms with Crippen LogP contribution in [0.4, 0.5) is 0 Å². The number of halogens is 1. The van der Waals surface area contributed by atoms with Gasteiger partial charge in [0.1, 0.15) is 0 Å². The molecule has 1 heterocycles. The van der Waals surface area contributed by atoms with Crippen molar-refractivity contribution in [1.82, 2.24) is 10.6 Å². The fourth-order valence-corrected chi connectivity index (χ4v) is 2.54. The number of hydrogen-bond donors (Lipinski definition) is 2. The zero-order valence-electron chi connectivity index (χ0n) is 14.9. The second-order valence-corrected chi connectivity index (χ2v) is 6.43. The van der Waals surface area contributed by atoms with Gasteiger partial charge in [-0.05, 0) is 43.9 Å². The van der Waals surface area contributed by atoms with Gasteiger partial charge in [-0.2, -0.15) is 0 Å². The molecule has 1 aliphatic carbocycles. The van der Waals surface area contributed by atoms with Crippen LogP contribution in [0.1, 0.15) is 32.1 Å². The highest BCUT2D eigenvalue weighted by atomic mass is 127. The third-order valence-electron chi connectivity index (χ3n) is 4.27. The summed E-state index contributed by atoms with van der Waals surface area (Å²) in [6.07, 6.45) is 5.94. The summed E-state index contributed by atoms with van der Waals surface area (Å²) >= 11 is 0. The van der Waals surface area contributed by atoms with Gasteiger partial charge in [-0.15, -0.1) is 24.0 Å². The topological polar surface area (TPSA) is 64.1 Å². The first-order valence-corrected chi connectivity index (χ1v) is 9.06. The summed E-state index contributed by atoms with van der Waals surface area (Å²) in [6, 6.07) is 0. The molecule has 0 aromatic heterocycles. The zero-order valence-corrected chi connectivity index (χ0v) is 17.3. The van der Waals surface area contributed by atoms with Crippen LogP contribution >= 0.6 is 24.0 Å². The summed E-state index contributed by atoms with van der Waals surface area (Å²) in [5, 5.41) is 6.57. The van der Waals surface area contributed by atoms with Crippen LogP contribution in [0.2, 0.25) is 0 Å². The molecule has 1 saturated carbocycles. The molecule has 1 aliphatic heterocycles. The molecule has 0 aromatic rings. The van der Waals surface area contributed by atoms with Gasteiger partial charge in [-0.25, -0.2) is 0 Å². The van der Waals surface area contributed by atoms with Gasteiger partial charge in [0.2, 0.25) is 0 Å². The van der Waals surface area contributed by atoms with Gasteiger partial charge in [-0.1, -0.05) is 0 Å². The Kier molecular flexibility index (Phi) is 12.9. The molecular weight excluding hydrogens is 421 g/mol. The SMILES string of the molecule is CN=C(NCCCOCC1CCOCC1)NCCOCC1CC1.I. The number of ether oxygens (including phenoxy) is 3.